The SMILES string of the molecule is Cc1ccc(CCNC(=O)Nc2cccc(C(=O)NC(C)(C)C)c2C)o1. The molecular formula is C20H27N3O3. The van der Waals surface area contributed by atoms with Gasteiger partial charge in [0.25, 0.3) is 5.91 Å². The van der Waals surface area contributed by atoms with Crippen LogP contribution in [0.2, 0.25) is 0 Å². The highest BCUT2D eigenvalue weighted by atomic mass is 16.3. The van der Waals surface area contributed by atoms with E-state index in [0.717, 1.165) is 17.1 Å². The molecule has 0 fully saturated rings. The summed E-state index contributed by atoms with van der Waals surface area (Å²) >= 11 is 0. The summed E-state index contributed by atoms with van der Waals surface area (Å²) in [7, 11) is 0. The molecule has 3 amide bonds. The number of carbonyl (C=O) groups is 2. The van der Waals surface area contributed by atoms with E-state index in [9.17, 15) is 9.59 Å². The topological polar surface area (TPSA) is 83.4 Å². The van der Waals surface area contributed by atoms with E-state index < -0.39 is 0 Å². The lowest BCUT2D eigenvalue weighted by molar-refractivity contribution is 0.0919. The van der Waals surface area contributed by atoms with Gasteiger partial charge >= 0.3 is 6.03 Å². The number of amides is 3. The zero-order valence-corrected chi connectivity index (χ0v) is 16.0. The van der Waals surface area contributed by atoms with Crippen LogP contribution in [0.5, 0.6) is 0 Å². The van der Waals surface area contributed by atoms with Crippen molar-refractivity contribution in [1.29, 1.82) is 0 Å². The fourth-order valence-electron chi connectivity index (χ4n) is 2.51. The standard InChI is InChI=1S/C20H27N3O3/c1-13-9-10-15(26-13)11-12-21-19(25)22-17-8-6-7-16(14(17)2)18(24)23-20(3,4)5/h6-10H,11-12H2,1-5H3,(H,23,24)(H2,21,22,25). The van der Waals surface area contributed by atoms with Crippen molar-refractivity contribution in [2.24, 2.45) is 0 Å². The summed E-state index contributed by atoms with van der Waals surface area (Å²) in [6.07, 6.45) is 0.619. The average molecular weight is 357 g/mol. The van der Waals surface area contributed by atoms with Crippen LogP contribution in [0.4, 0.5) is 10.5 Å². The molecule has 0 atom stereocenters. The predicted octanol–water partition coefficient (Wildman–Crippen LogP) is 3.79. The number of furan rings is 1. The monoisotopic (exact) mass is 357 g/mol. The molecule has 3 N–H and O–H groups in total. The van der Waals surface area contributed by atoms with Gasteiger partial charge < -0.3 is 20.4 Å². The number of aryl methyl sites for hydroxylation is 1. The van der Waals surface area contributed by atoms with E-state index in [0.29, 0.717) is 24.2 Å². The van der Waals surface area contributed by atoms with Gasteiger partial charge in [-0.3, -0.25) is 4.79 Å². The zero-order valence-electron chi connectivity index (χ0n) is 16.0. The highest BCUT2D eigenvalue weighted by Gasteiger charge is 2.18. The zero-order chi connectivity index (χ0) is 19.3. The molecule has 0 aliphatic heterocycles. The molecule has 1 aromatic heterocycles. The molecular weight excluding hydrogens is 330 g/mol. The van der Waals surface area contributed by atoms with Crippen molar-refractivity contribution in [3.8, 4) is 0 Å². The van der Waals surface area contributed by atoms with E-state index in [2.05, 4.69) is 16.0 Å². The van der Waals surface area contributed by atoms with Crippen LogP contribution in [0, 0.1) is 13.8 Å². The van der Waals surface area contributed by atoms with Crippen molar-refractivity contribution in [2.45, 2.75) is 46.6 Å². The minimum absolute atomic E-state index is 0.160. The lowest BCUT2D eigenvalue weighted by Crippen LogP contribution is -2.41. The fourth-order valence-corrected chi connectivity index (χ4v) is 2.51. The number of urea groups is 1. The lowest BCUT2D eigenvalue weighted by atomic mass is 10.0. The van der Waals surface area contributed by atoms with Gasteiger partial charge in [-0.2, -0.15) is 0 Å². The maximum atomic E-state index is 12.4. The molecule has 6 heteroatoms. The van der Waals surface area contributed by atoms with E-state index in [1.54, 1.807) is 18.2 Å². The van der Waals surface area contributed by atoms with Gasteiger partial charge in [0.1, 0.15) is 11.5 Å². The van der Waals surface area contributed by atoms with Crippen LogP contribution >= 0.6 is 0 Å². The molecule has 0 unspecified atom stereocenters. The maximum absolute atomic E-state index is 12.4. The Bertz CT molecular complexity index is 788. The third kappa shape index (κ3) is 5.65. The summed E-state index contributed by atoms with van der Waals surface area (Å²) in [5.41, 5.74) is 1.56. The van der Waals surface area contributed by atoms with Crippen molar-refractivity contribution < 1.29 is 14.0 Å². The summed E-state index contributed by atoms with van der Waals surface area (Å²) < 4.78 is 5.47. The first-order valence-corrected chi connectivity index (χ1v) is 8.68. The number of hydrogen-bond acceptors (Lipinski definition) is 3. The van der Waals surface area contributed by atoms with Gasteiger partial charge in [0.15, 0.2) is 0 Å². The highest BCUT2D eigenvalue weighted by Crippen LogP contribution is 2.19. The van der Waals surface area contributed by atoms with Crippen molar-refractivity contribution in [3.05, 3.63) is 53.0 Å². The van der Waals surface area contributed by atoms with E-state index in [4.69, 9.17) is 4.42 Å². The van der Waals surface area contributed by atoms with E-state index in [1.165, 1.54) is 0 Å². The van der Waals surface area contributed by atoms with Crippen molar-refractivity contribution >= 4 is 17.6 Å². The molecule has 0 radical (unpaired) electrons. The maximum Gasteiger partial charge on any atom is 0.319 e. The molecule has 0 saturated heterocycles. The molecule has 0 aliphatic carbocycles. The first-order valence-electron chi connectivity index (χ1n) is 8.68. The summed E-state index contributed by atoms with van der Waals surface area (Å²) in [6.45, 7) is 9.94. The van der Waals surface area contributed by atoms with E-state index >= 15 is 0 Å². The van der Waals surface area contributed by atoms with Gasteiger partial charge in [0.2, 0.25) is 0 Å². The predicted molar refractivity (Wildman–Crippen MR) is 103 cm³/mol. The number of benzene rings is 1. The quantitative estimate of drug-likeness (QED) is 0.761. The molecule has 1 aromatic carbocycles. The average Bonchev–Trinajstić information content (AvgIpc) is 2.93. The van der Waals surface area contributed by atoms with Crippen molar-refractivity contribution in [2.75, 3.05) is 11.9 Å². The van der Waals surface area contributed by atoms with E-state index in [1.807, 2.05) is 46.8 Å². The minimum Gasteiger partial charge on any atom is -0.466 e. The Labute approximate surface area is 154 Å². The van der Waals surface area contributed by atoms with Crippen LogP contribution < -0.4 is 16.0 Å². The Morgan fingerprint density at radius 3 is 2.42 bits per heavy atom. The molecule has 26 heavy (non-hydrogen) atoms. The van der Waals surface area contributed by atoms with E-state index in [-0.39, 0.29) is 17.5 Å². The smallest absolute Gasteiger partial charge is 0.319 e. The van der Waals surface area contributed by atoms with Crippen LogP contribution in [-0.4, -0.2) is 24.0 Å². The Kier molecular flexibility index (Phi) is 6.08. The molecule has 140 valence electrons. The van der Waals surface area contributed by atoms with Gasteiger partial charge in [-0.15, -0.1) is 0 Å². The van der Waals surface area contributed by atoms with Crippen LogP contribution in [-0.2, 0) is 6.42 Å². The Hall–Kier alpha value is -2.76. The first kappa shape index (κ1) is 19.6. The Balaban J connectivity index is 1.95. The van der Waals surface area contributed by atoms with Gasteiger partial charge in [0.05, 0.1) is 0 Å². The normalized spacial score (nSPS) is 11.1. The number of rotatable bonds is 5. The van der Waals surface area contributed by atoms with Crippen molar-refractivity contribution in [3.63, 3.8) is 0 Å². The largest absolute Gasteiger partial charge is 0.466 e. The molecule has 1 heterocycles. The Morgan fingerprint density at radius 2 is 1.81 bits per heavy atom. The lowest BCUT2D eigenvalue weighted by Gasteiger charge is -2.21. The third-order valence-corrected chi connectivity index (χ3v) is 3.77. The second kappa shape index (κ2) is 8.08. The Morgan fingerprint density at radius 1 is 1.08 bits per heavy atom. The first-order chi connectivity index (χ1) is 12.2. The molecule has 2 aromatic rings. The van der Waals surface area contributed by atoms with Crippen LogP contribution in [0.25, 0.3) is 0 Å². The highest BCUT2D eigenvalue weighted by molar-refractivity contribution is 5.99. The molecule has 2 rings (SSSR count). The second-order valence-corrected chi connectivity index (χ2v) is 7.33. The van der Waals surface area contributed by atoms with Crippen LogP contribution in [0.15, 0.2) is 34.7 Å². The molecule has 6 nitrogen and oxygen atoms in total. The van der Waals surface area contributed by atoms with Gasteiger partial charge in [-0.05, 0) is 64.4 Å². The molecule has 0 bridgehead atoms. The number of anilines is 1. The third-order valence-electron chi connectivity index (χ3n) is 3.77. The summed E-state index contributed by atoms with van der Waals surface area (Å²) in [4.78, 5) is 24.5. The van der Waals surface area contributed by atoms with Gasteiger partial charge in [-0.1, -0.05) is 6.07 Å². The van der Waals surface area contributed by atoms with Gasteiger partial charge in [0, 0.05) is 29.8 Å². The van der Waals surface area contributed by atoms with Crippen molar-refractivity contribution in [1.82, 2.24) is 10.6 Å². The summed E-state index contributed by atoms with van der Waals surface area (Å²) in [5, 5.41) is 8.53. The molecule has 0 saturated carbocycles. The van der Waals surface area contributed by atoms with Gasteiger partial charge in [-0.25, -0.2) is 4.79 Å². The van der Waals surface area contributed by atoms with Crippen LogP contribution in [0.1, 0.15) is 48.2 Å². The van der Waals surface area contributed by atoms with Crippen LogP contribution in [0.3, 0.4) is 0 Å². The number of carbonyl (C=O) groups excluding carboxylic acids is 2. The second-order valence-electron chi connectivity index (χ2n) is 7.33. The summed E-state index contributed by atoms with van der Waals surface area (Å²) in [5.74, 6) is 1.53. The minimum atomic E-state index is -0.325. The summed E-state index contributed by atoms with van der Waals surface area (Å²) in [6, 6.07) is 8.76. The number of nitrogens with one attached hydrogen (secondary N) is 3. The molecule has 0 spiro atoms. The fraction of sp³-hybridized carbons (Fsp3) is 0.400. The molecule has 0 aliphatic rings. The number of hydrogen-bond donors (Lipinski definition) is 3.